The van der Waals surface area contributed by atoms with Crippen LogP contribution in [0.25, 0.3) is 0 Å². The molecule has 0 saturated heterocycles. The molecule has 170 valence electrons. The summed E-state index contributed by atoms with van der Waals surface area (Å²) in [5.74, 6) is 3.02. The first-order valence-corrected chi connectivity index (χ1v) is 11.0. The standard InChI is InChI=1S/C23H39N3O4/c1-5-24-22(26-17-23(12-14-27)10-7-6-8-11-23)25-13-9-19-20(29-3)15-18(28-2)16-21(19)30-4/h15-16,27H,5-14,17H2,1-4H3,(H2,24,25,26). The van der Waals surface area contributed by atoms with E-state index in [1.54, 1.807) is 21.3 Å². The minimum Gasteiger partial charge on any atom is -0.496 e. The van der Waals surface area contributed by atoms with Gasteiger partial charge in [0.1, 0.15) is 17.2 Å². The van der Waals surface area contributed by atoms with Gasteiger partial charge >= 0.3 is 0 Å². The molecule has 1 aromatic carbocycles. The van der Waals surface area contributed by atoms with Crippen LogP contribution in [0, 0.1) is 5.41 Å². The Bertz CT molecular complexity index is 642. The van der Waals surface area contributed by atoms with Gasteiger partial charge in [-0.15, -0.1) is 0 Å². The Morgan fingerprint density at radius 2 is 1.70 bits per heavy atom. The summed E-state index contributed by atoms with van der Waals surface area (Å²) < 4.78 is 16.4. The van der Waals surface area contributed by atoms with Crippen molar-refractivity contribution in [2.75, 3.05) is 47.6 Å². The van der Waals surface area contributed by atoms with Gasteiger partial charge in [0, 0.05) is 43.9 Å². The summed E-state index contributed by atoms with van der Waals surface area (Å²) in [4.78, 5) is 4.87. The lowest BCUT2D eigenvalue weighted by Crippen LogP contribution is -2.40. The molecule has 1 aromatic rings. The Morgan fingerprint density at radius 1 is 1.03 bits per heavy atom. The van der Waals surface area contributed by atoms with E-state index in [1.165, 1.54) is 19.3 Å². The van der Waals surface area contributed by atoms with Gasteiger partial charge in [-0.2, -0.15) is 0 Å². The van der Waals surface area contributed by atoms with E-state index in [9.17, 15) is 5.11 Å². The highest BCUT2D eigenvalue weighted by Crippen LogP contribution is 2.39. The number of nitrogens with one attached hydrogen (secondary N) is 2. The smallest absolute Gasteiger partial charge is 0.191 e. The Kier molecular flexibility index (Phi) is 10.1. The first-order valence-electron chi connectivity index (χ1n) is 11.0. The van der Waals surface area contributed by atoms with Gasteiger partial charge < -0.3 is 30.0 Å². The molecular formula is C23H39N3O4. The second-order valence-corrected chi connectivity index (χ2v) is 7.92. The molecule has 0 heterocycles. The van der Waals surface area contributed by atoms with Crippen molar-refractivity contribution in [3.05, 3.63) is 17.7 Å². The molecule has 1 aliphatic carbocycles. The topological polar surface area (TPSA) is 84.3 Å². The van der Waals surface area contributed by atoms with Gasteiger partial charge in [0.05, 0.1) is 21.3 Å². The number of guanidine groups is 1. The van der Waals surface area contributed by atoms with E-state index in [0.29, 0.717) is 12.3 Å². The quantitative estimate of drug-likeness (QED) is 0.376. The Labute approximate surface area is 181 Å². The summed E-state index contributed by atoms with van der Waals surface area (Å²) in [6, 6.07) is 3.75. The fraction of sp³-hybridized carbons (Fsp3) is 0.696. The second kappa shape index (κ2) is 12.5. The average molecular weight is 422 g/mol. The predicted octanol–water partition coefficient (Wildman–Crippen LogP) is 3.14. The monoisotopic (exact) mass is 421 g/mol. The largest absolute Gasteiger partial charge is 0.496 e. The van der Waals surface area contributed by atoms with Crippen molar-refractivity contribution in [1.29, 1.82) is 0 Å². The number of aliphatic hydroxyl groups is 1. The molecule has 2 rings (SSSR count). The van der Waals surface area contributed by atoms with Crippen LogP contribution in [0.15, 0.2) is 17.1 Å². The van der Waals surface area contributed by atoms with Crippen LogP contribution < -0.4 is 24.8 Å². The van der Waals surface area contributed by atoms with Gasteiger partial charge in [0.2, 0.25) is 0 Å². The van der Waals surface area contributed by atoms with Crippen LogP contribution in [-0.2, 0) is 6.42 Å². The molecule has 0 radical (unpaired) electrons. The first kappa shape index (κ1) is 24.1. The van der Waals surface area contributed by atoms with E-state index < -0.39 is 0 Å². The second-order valence-electron chi connectivity index (χ2n) is 7.92. The molecule has 7 nitrogen and oxygen atoms in total. The van der Waals surface area contributed by atoms with Crippen LogP contribution in [-0.4, -0.2) is 58.6 Å². The van der Waals surface area contributed by atoms with Crippen molar-refractivity contribution < 1.29 is 19.3 Å². The van der Waals surface area contributed by atoms with Crippen LogP contribution in [0.4, 0.5) is 0 Å². The first-order chi connectivity index (χ1) is 14.6. The maximum atomic E-state index is 9.54. The molecule has 0 aromatic heterocycles. The Hall–Kier alpha value is -2.15. The summed E-state index contributed by atoms with van der Waals surface area (Å²) >= 11 is 0. The number of rotatable bonds is 11. The third-order valence-corrected chi connectivity index (χ3v) is 5.96. The minimum atomic E-state index is 0.137. The van der Waals surface area contributed by atoms with Gasteiger partial charge in [-0.3, -0.25) is 4.99 Å². The number of hydrogen-bond donors (Lipinski definition) is 3. The molecule has 0 amide bonds. The number of hydrogen-bond acceptors (Lipinski definition) is 5. The number of methoxy groups -OCH3 is 3. The lowest BCUT2D eigenvalue weighted by Gasteiger charge is -2.35. The van der Waals surface area contributed by atoms with E-state index >= 15 is 0 Å². The van der Waals surface area contributed by atoms with Crippen molar-refractivity contribution in [1.82, 2.24) is 10.6 Å². The molecule has 1 fully saturated rings. The van der Waals surface area contributed by atoms with Crippen LogP contribution >= 0.6 is 0 Å². The average Bonchev–Trinajstić information content (AvgIpc) is 2.78. The maximum absolute atomic E-state index is 9.54. The normalized spacial score (nSPS) is 16.1. The Balaban J connectivity index is 2.05. The van der Waals surface area contributed by atoms with E-state index in [-0.39, 0.29) is 12.0 Å². The van der Waals surface area contributed by atoms with Crippen molar-refractivity contribution in [2.45, 2.75) is 51.9 Å². The molecule has 0 bridgehead atoms. The summed E-state index contributed by atoms with van der Waals surface area (Å²) in [7, 11) is 4.94. The van der Waals surface area contributed by atoms with Crippen LogP contribution in [0.1, 0.15) is 51.0 Å². The molecule has 1 aliphatic rings. The maximum Gasteiger partial charge on any atom is 0.191 e. The molecule has 0 unspecified atom stereocenters. The lowest BCUT2D eigenvalue weighted by molar-refractivity contribution is 0.137. The highest BCUT2D eigenvalue weighted by molar-refractivity contribution is 5.79. The minimum absolute atomic E-state index is 0.137. The SMILES string of the molecule is CCNC(=NCC1(CCO)CCCCC1)NCCc1c(OC)cc(OC)cc1OC. The zero-order valence-corrected chi connectivity index (χ0v) is 19.1. The zero-order valence-electron chi connectivity index (χ0n) is 19.1. The summed E-state index contributed by atoms with van der Waals surface area (Å²) in [6.07, 6.45) is 7.61. The van der Waals surface area contributed by atoms with E-state index in [0.717, 1.165) is 61.8 Å². The van der Waals surface area contributed by atoms with Gasteiger partial charge in [-0.25, -0.2) is 0 Å². The molecule has 3 N–H and O–H groups in total. The molecule has 30 heavy (non-hydrogen) atoms. The van der Waals surface area contributed by atoms with Crippen LogP contribution in [0.5, 0.6) is 17.2 Å². The van der Waals surface area contributed by atoms with Gasteiger partial charge in [-0.05, 0) is 38.0 Å². The summed E-state index contributed by atoms with van der Waals surface area (Å²) in [6.45, 7) is 4.54. The number of benzene rings is 1. The highest BCUT2D eigenvalue weighted by Gasteiger charge is 2.31. The molecular weight excluding hydrogens is 382 g/mol. The number of aliphatic hydroxyl groups excluding tert-OH is 1. The van der Waals surface area contributed by atoms with Crippen molar-refractivity contribution in [2.24, 2.45) is 10.4 Å². The van der Waals surface area contributed by atoms with E-state index in [4.69, 9.17) is 19.2 Å². The summed E-state index contributed by atoms with van der Waals surface area (Å²) in [5.41, 5.74) is 1.13. The molecule has 0 aliphatic heterocycles. The van der Waals surface area contributed by atoms with Gasteiger partial charge in [0.25, 0.3) is 0 Å². The molecule has 1 saturated carbocycles. The third kappa shape index (κ3) is 6.69. The third-order valence-electron chi connectivity index (χ3n) is 5.96. The van der Waals surface area contributed by atoms with Crippen LogP contribution in [0.2, 0.25) is 0 Å². The number of ether oxygens (including phenoxy) is 3. The molecule has 7 heteroatoms. The zero-order chi connectivity index (χ0) is 21.8. The summed E-state index contributed by atoms with van der Waals surface area (Å²) in [5, 5.41) is 16.3. The van der Waals surface area contributed by atoms with Crippen molar-refractivity contribution >= 4 is 5.96 Å². The van der Waals surface area contributed by atoms with Crippen molar-refractivity contribution in [3.8, 4) is 17.2 Å². The van der Waals surface area contributed by atoms with Crippen molar-refractivity contribution in [3.63, 3.8) is 0 Å². The number of aliphatic imine (C=N–C) groups is 1. The van der Waals surface area contributed by atoms with E-state index in [1.807, 2.05) is 12.1 Å². The fourth-order valence-electron chi connectivity index (χ4n) is 4.24. The highest BCUT2D eigenvalue weighted by atomic mass is 16.5. The van der Waals surface area contributed by atoms with Gasteiger partial charge in [0.15, 0.2) is 5.96 Å². The van der Waals surface area contributed by atoms with E-state index in [2.05, 4.69) is 17.6 Å². The van der Waals surface area contributed by atoms with Gasteiger partial charge in [-0.1, -0.05) is 19.3 Å². The lowest BCUT2D eigenvalue weighted by atomic mass is 9.72. The molecule has 0 spiro atoms. The molecule has 0 atom stereocenters. The van der Waals surface area contributed by atoms with Crippen LogP contribution in [0.3, 0.4) is 0 Å². The fourth-order valence-corrected chi connectivity index (χ4v) is 4.24. The Morgan fingerprint density at radius 3 is 2.23 bits per heavy atom. The predicted molar refractivity (Wildman–Crippen MR) is 121 cm³/mol. The number of nitrogens with zero attached hydrogens (tertiary/aromatic N) is 1.